The van der Waals surface area contributed by atoms with Gasteiger partial charge in [0.2, 0.25) is 0 Å². The van der Waals surface area contributed by atoms with Crippen LogP contribution in [0.25, 0.3) is 0 Å². The standard InChI is InChI=1S/C41H36N2P2/c1-5-19-36(20-6-1)44(37-21-7-2-8-22-37)40-27-15-13-17-34(40)31-42-29-30-43(33-42)32-35-18-14-16-28-41(35)45(38-23-9-3-10-24-38)39-25-11-4-12-26-39/h1-30H,31-33H2. The minimum absolute atomic E-state index is 0.656. The number of hydrogen-bond donors (Lipinski definition) is 0. The first-order valence-electron chi connectivity index (χ1n) is 15.5. The molecule has 0 atom stereocenters. The largest absolute Gasteiger partial charge is 0.354 e. The van der Waals surface area contributed by atoms with Gasteiger partial charge in [0.15, 0.2) is 0 Å². The molecule has 45 heavy (non-hydrogen) atoms. The zero-order valence-corrected chi connectivity index (χ0v) is 27.0. The Morgan fingerprint density at radius 2 is 0.644 bits per heavy atom. The van der Waals surface area contributed by atoms with Gasteiger partial charge in [0.05, 0.1) is 6.67 Å². The summed E-state index contributed by atoms with van der Waals surface area (Å²) >= 11 is 0. The quantitative estimate of drug-likeness (QED) is 0.153. The van der Waals surface area contributed by atoms with E-state index in [9.17, 15) is 0 Å². The molecule has 0 saturated heterocycles. The fraction of sp³-hybridized carbons (Fsp3) is 0.0732. The van der Waals surface area contributed by atoms with Crippen LogP contribution in [0.4, 0.5) is 0 Å². The van der Waals surface area contributed by atoms with E-state index >= 15 is 0 Å². The maximum absolute atomic E-state index is 2.45. The minimum Gasteiger partial charge on any atom is -0.354 e. The van der Waals surface area contributed by atoms with Crippen molar-refractivity contribution in [2.24, 2.45) is 0 Å². The van der Waals surface area contributed by atoms with Crippen molar-refractivity contribution in [3.63, 3.8) is 0 Å². The highest BCUT2D eigenvalue weighted by atomic mass is 31.1. The molecule has 1 heterocycles. The summed E-state index contributed by atoms with van der Waals surface area (Å²) in [4.78, 5) is 4.89. The molecule has 0 saturated carbocycles. The third-order valence-electron chi connectivity index (χ3n) is 8.12. The summed E-state index contributed by atoms with van der Waals surface area (Å²) in [6.45, 7) is 2.62. The van der Waals surface area contributed by atoms with Crippen molar-refractivity contribution >= 4 is 47.7 Å². The van der Waals surface area contributed by atoms with E-state index in [1.807, 2.05) is 0 Å². The van der Waals surface area contributed by atoms with E-state index in [0.717, 1.165) is 19.8 Å². The lowest BCUT2D eigenvalue weighted by Crippen LogP contribution is -2.30. The number of nitrogens with zero attached hydrogens (tertiary/aromatic N) is 2. The lowest BCUT2D eigenvalue weighted by atomic mass is 10.2. The van der Waals surface area contributed by atoms with Crippen LogP contribution in [0.2, 0.25) is 0 Å². The van der Waals surface area contributed by atoms with Gasteiger partial charge in [-0.25, -0.2) is 0 Å². The molecule has 4 heteroatoms. The van der Waals surface area contributed by atoms with Crippen molar-refractivity contribution < 1.29 is 0 Å². The van der Waals surface area contributed by atoms with Crippen molar-refractivity contribution in [3.8, 4) is 0 Å². The molecular formula is C41H36N2P2. The molecule has 6 aromatic rings. The molecule has 2 nitrogen and oxygen atoms in total. The molecule has 0 aromatic heterocycles. The van der Waals surface area contributed by atoms with Gasteiger partial charge < -0.3 is 9.80 Å². The van der Waals surface area contributed by atoms with Gasteiger partial charge in [-0.2, -0.15) is 0 Å². The van der Waals surface area contributed by atoms with Crippen molar-refractivity contribution in [2.45, 2.75) is 13.1 Å². The van der Waals surface area contributed by atoms with Crippen LogP contribution >= 0.6 is 15.8 Å². The number of benzene rings is 6. The summed E-state index contributed by atoms with van der Waals surface area (Å²) in [5.41, 5.74) is 2.78. The summed E-state index contributed by atoms with van der Waals surface area (Å²) < 4.78 is 0. The maximum Gasteiger partial charge on any atom is 0.0900 e. The van der Waals surface area contributed by atoms with Crippen LogP contribution in [0.15, 0.2) is 182 Å². The summed E-state index contributed by atoms with van der Waals surface area (Å²) in [6, 6.07) is 62.1. The predicted octanol–water partition coefficient (Wildman–Crippen LogP) is 6.95. The van der Waals surface area contributed by atoms with E-state index in [1.54, 1.807) is 0 Å². The third-order valence-corrected chi connectivity index (χ3v) is 13.2. The molecule has 0 fully saturated rings. The Hall–Kier alpha value is -4.48. The Balaban J connectivity index is 1.13. The molecule has 0 amide bonds. The van der Waals surface area contributed by atoms with E-state index in [1.165, 1.54) is 43.0 Å². The SMILES string of the molecule is C1=CN(Cc2ccccc2P(c2ccccc2)c2ccccc2)CN1Cc1ccccc1P(c1ccccc1)c1ccccc1. The normalized spacial score (nSPS) is 12.8. The number of rotatable bonds is 10. The van der Waals surface area contributed by atoms with Crippen molar-refractivity contribution in [3.05, 3.63) is 193 Å². The molecular weight excluding hydrogens is 582 g/mol. The lowest BCUT2D eigenvalue weighted by Gasteiger charge is -2.27. The van der Waals surface area contributed by atoms with Gasteiger partial charge in [0.1, 0.15) is 0 Å². The summed E-state index contributed by atoms with van der Waals surface area (Å²) in [5, 5.41) is 8.39. The van der Waals surface area contributed by atoms with Gasteiger partial charge in [-0.1, -0.05) is 170 Å². The average molecular weight is 619 g/mol. The van der Waals surface area contributed by atoms with E-state index < -0.39 is 15.8 Å². The zero-order valence-electron chi connectivity index (χ0n) is 25.2. The summed E-state index contributed by atoms with van der Waals surface area (Å²) in [7, 11) is -1.31. The van der Waals surface area contributed by atoms with Crippen LogP contribution in [0.3, 0.4) is 0 Å². The maximum atomic E-state index is 2.45. The molecule has 7 rings (SSSR count). The van der Waals surface area contributed by atoms with Crippen molar-refractivity contribution in [1.82, 2.24) is 9.80 Å². The first-order valence-corrected chi connectivity index (χ1v) is 18.1. The van der Waals surface area contributed by atoms with Crippen molar-refractivity contribution in [2.75, 3.05) is 6.67 Å². The Morgan fingerprint density at radius 1 is 0.356 bits per heavy atom. The predicted molar refractivity (Wildman–Crippen MR) is 195 cm³/mol. The molecule has 220 valence electrons. The van der Waals surface area contributed by atoms with Crippen LogP contribution in [-0.4, -0.2) is 16.5 Å². The first-order chi connectivity index (χ1) is 22.3. The third kappa shape index (κ3) is 6.79. The average Bonchev–Trinajstić information content (AvgIpc) is 3.55. The molecule has 0 spiro atoms. The Kier molecular flexibility index (Phi) is 9.15. The van der Waals surface area contributed by atoms with Crippen LogP contribution in [0, 0.1) is 0 Å². The Morgan fingerprint density at radius 3 is 0.978 bits per heavy atom. The zero-order chi connectivity index (χ0) is 30.3. The summed E-state index contributed by atoms with van der Waals surface area (Å²) in [6.07, 6.45) is 4.54. The topological polar surface area (TPSA) is 6.48 Å². The minimum atomic E-state index is -0.656. The molecule has 1 aliphatic rings. The fourth-order valence-electron chi connectivity index (χ4n) is 6.05. The molecule has 6 aromatic carbocycles. The Bertz CT molecular complexity index is 1630. The Labute approximate surface area is 269 Å². The molecule has 0 radical (unpaired) electrons. The van der Waals surface area contributed by atoms with Gasteiger partial charge in [0, 0.05) is 25.5 Å². The highest BCUT2D eigenvalue weighted by molar-refractivity contribution is 7.80. The smallest absolute Gasteiger partial charge is 0.0900 e. The first kappa shape index (κ1) is 29.2. The molecule has 0 aliphatic carbocycles. The van der Waals surface area contributed by atoms with Gasteiger partial charge in [0.25, 0.3) is 0 Å². The fourth-order valence-corrected chi connectivity index (χ4v) is 11.0. The van der Waals surface area contributed by atoms with Gasteiger partial charge in [-0.05, 0) is 58.8 Å². The van der Waals surface area contributed by atoms with E-state index in [-0.39, 0.29) is 0 Å². The summed E-state index contributed by atoms with van der Waals surface area (Å²) in [5.74, 6) is 0. The van der Waals surface area contributed by atoms with E-state index in [0.29, 0.717) is 0 Å². The van der Waals surface area contributed by atoms with E-state index in [4.69, 9.17) is 0 Å². The van der Waals surface area contributed by atoms with Gasteiger partial charge in [-0.15, -0.1) is 0 Å². The monoisotopic (exact) mass is 618 g/mol. The van der Waals surface area contributed by atoms with Crippen LogP contribution < -0.4 is 31.8 Å². The second-order valence-electron chi connectivity index (χ2n) is 11.2. The van der Waals surface area contributed by atoms with Gasteiger partial charge in [-0.3, -0.25) is 0 Å². The lowest BCUT2D eigenvalue weighted by molar-refractivity contribution is 0.255. The second kappa shape index (κ2) is 14.1. The van der Waals surface area contributed by atoms with Crippen molar-refractivity contribution in [1.29, 1.82) is 0 Å². The molecule has 0 unspecified atom stereocenters. The number of hydrogen-bond acceptors (Lipinski definition) is 2. The second-order valence-corrected chi connectivity index (χ2v) is 15.6. The van der Waals surface area contributed by atoms with E-state index in [2.05, 4.69) is 192 Å². The van der Waals surface area contributed by atoms with Crippen LogP contribution in [0.5, 0.6) is 0 Å². The van der Waals surface area contributed by atoms with Crippen LogP contribution in [-0.2, 0) is 13.1 Å². The highest BCUT2D eigenvalue weighted by Gasteiger charge is 2.23. The highest BCUT2D eigenvalue weighted by Crippen LogP contribution is 2.36. The van der Waals surface area contributed by atoms with Gasteiger partial charge >= 0.3 is 0 Å². The molecule has 1 aliphatic heterocycles. The molecule has 0 N–H and O–H groups in total. The molecule has 0 bridgehead atoms. The van der Waals surface area contributed by atoms with Crippen LogP contribution in [0.1, 0.15) is 11.1 Å².